The molecule has 7 N–H and O–H groups in total. The molecule has 0 fully saturated rings. The Kier molecular flexibility index (Phi) is 11.6. The van der Waals surface area contributed by atoms with Crippen LogP contribution in [0.25, 0.3) is 0 Å². The molecule has 1 aromatic carbocycles. The maximum Gasteiger partial charge on any atom is 0.326 e. The summed E-state index contributed by atoms with van der Waals surface area (Å²) in [6.45, 7) is 3.25. The first-order chi connectivity index (χ1) is 15.5. The number of aliphatic carboxylic acids is 2. The standard InChI is InChI=1S/C22H32N4O7/c1-13(2)10-16(25-20(30)15(8-9-19(28)29)24-18(27)12-23)21(31)26-17(22(32)33)11-14-6-4-3-5-7-14/h3-7,13,15-17H,8-12,23H2,1-2H3,(H,24,27)(H,25,30)(H,26,31)(H,28,29)(H,32,33). The first-order valence-corrected chi connectivity index (χ1v) is 10.6. The third-order valence-electron chi connectivity index (χ3n) is 4.72. The maximum atomic E-state index is 12.9. The van der Waals surface area contributed by atoms with E-state index in [9.17, 15) is 29.1 Å². The third-order valence-corrected chi connectivity index (χ3v) is 4.72. The van der Waals surface area contributed by atoms with E-state index in [1.165, 1.54) is 0 Å². The molecule has 0 saturated carbocycles. The smallest absolute Gasteiger partial charge is 0.326 e. The summed E-state index contributed by atoms with van der Waals surface area (Å²) in [6, 6.07) is 5.26. The van der Waals surface area contributed by atoms with Crippen molar-refractivity contribution in [3.8, 4) is 0 Å². The van der Waals surface area contributed by atoms with Gasteiger partial charge in [-0.2, -0.15) is 0 Å². The van der Waals surface area contributed by atoms with E-state index in [1.54, 1.807) is 30.3 Å². The molecule has 1 aromatic rings. The van der Waals surface area contributed by atoms with Gasteiger partial charge >= 0.3 is 11.9 Å². The molecule has 1 rings (SSSR count). The Morgan fingerprint density at radius 2 is 1.45 bits per heavy atom. The zero-order valence-corrected chi connectivity index (χ0v) is 18.7. The number of carbonyl (C=O) groups excluding carboxylic acids is 3. The van der Waals surface area contributed by atoms with Crippen LogP contribution in [0.2, 0.25) is 0 Å². The second-order valence-corrected chi connectivity index (χ2v) is 8.04. The van der Waals surface area contributed by atoms with Gasteiger partial charge in [-0.15, -0.1) is 0 Å². The fraction of sp³-hybridized carbons (Fsp3) is 0.500. The van der Waals surface area contributed by atoms with Crippen molar-refractivity contribution in [2.24, 2.45) is 11.7 Å². The number of rotatable bonds is 14. The summed E-state index contributed by atoms with van der Waals surface area (Å²) in [5, 5.41) is 25.8. The summed E-state index contributed by atoms with van der Waals surface area (Å²) in [5.41, 5.74) is 5.97. The number of benzene rings is 1. The summed E-state index contributed by atoms with van der Waals surface area (Å²) < 4.78 is 0. The van der Waals surface area contributed by atoms with E-state index in [1.807, 2.05) is 13.8 Å². The highest BCUT2D eigenvalue weighted by Gasteiger charge is 2.30. The van der Waals surface area contributed by atoms with Gasteiger partial charge in [0.2, 0.25) is 17.7 Å². The number of amides is 3. The Balaban J connectivity index is 2.96. The second kappa shape index (κ2) is 13.8. The monoisotopic (exact) mass is 464 g/mol. The van der Waals surface area contributed by atoms with E-state index in [2.05, 4.69) is 16.0 Å². The van der Waals surface area contributed by atoms with Gasteiger partial charge in [-0.05, 0) is 24.3 Å². The van der Waals surface area contributed by atoms with Crippen molar-refractivity contribution >= 4 is 29.7 Å². The van der Waals surface area contributed by atoms with Crippen LogP contribution in [0.1, 0.15) is 38.7 Å². The quantitative estimate of drug-likeness (QED) is 0.215. The molecular formula is C22H32N4O7. The molecule has 0 aliphatic heterocycles. The number of nitrogens with two attached hydrogens (primary N) is 1. The molecule has 11 heteroatoms. The predicted molar refractivity (Wildman–Crippen MR) is 119 cm³/mol. The van der Waals surface area contributed by atoms with Gasteiger partial charge in [-0.1, -0.05) is 44.2 Å². The summed E-state index contributed by atoms with van der Waals surface area (Å²) >= 11 is 0. The molecule has 11 nitrogen and oxygen atoms in total. The highest BCUT2D eigenvalue weighted by atomic mass is 16.4. The lowest BCUT2D eigenvalue weighted by molar-refractivity contribution is -0.142. The van der Waals surface area contributed by atoms with Crippen LogP contribution in [0.15, 0.2) is 30.3 Å². The van der Waals surface area contributed by atoms with Crippen molar-refractivity contribution in [3.05, 3.63) is 35.9 Å². The molecule has 0 aromatic heterocycles. The number of hydrogen-bond acceptors (Lipinski definition) is 6. The molecule has 0 spiro atoms. The van der Waals surface area contributed by atoms with Crippen LogP contribution in [0.3, 0.4) is 0 Å². The predicted octanol–water partition coefficient (Wildman–Crippen LogP) is -0.362. The van der Waals surface area contributed by atoms with Crippen molar-refractivity contribution in [2.75, 3.05) is 6.54 Å². The molecule has 0 bridgehead atoms. The van der Waals surface area contributed by atoms with E-state index in [4.69, 9.17) is 10.8 Å². The zero-order valence-electron chi connectivity index (χ0n) is 18.7. The van der Waals surface area contributed by atoms with E-state index in [0.717, 1.165) is 0 Å². The van der Waals surface area contributed by atoms with Gasteiger partial charge in [-0.3, -0.25) is 19.2 Å². The van der Waals surface area contributed by atoms with Gasteiger partial charge in [0.25, 0.3) is 0 Å². The topological polar surface area (TPSA) is 188 Å². The molecule has 3 amide bonds. The van der Waals surface area contributed by atoms with Gasteiger partial charge in [0.05, 0.1) is 6.54 Å². The fourth-order valence-electron chi connectivity index (χ4n) is 3.09. The SMILES string of the molecule is CC(C)CC(NC(=O)C(CCC(=O)O)NC(=O)CN)C(=O)NC(Cc1ccccc1)C(=O)O. The van der Waals surface area contributed by atoms with Gasteiger partial charge in [0.1, 0.15) is 18.1 Å². The Hall–Kier alpha value is -3.47. The minimum absolute atomic E-state index is 0.0328. The molecule has 3 unspecified atom stereocenters. The molecule has 0 heterocycles. The number of carboxylic acid groups (broad SMARTS) is 2. The minimum atomic E-state index is -1.23. The lowest BCUT2D eigenvalue weighted by Crippen LogP contribution is -2.56. The number of hydrogen-bond donors (Lipinski definition) is 6. The number of carbonyl (C=O) groups is 5. The Morgan fingerprint density at radius 3 is 1.97 bits per heavy atom. The molecular weight excluding hydrogens is 432 g/mol. The van der Waals surface area contributed by atoms with E-state index in [0.29, 0.717) is 5.56 Å². The van der Waals surface area contributed by atoms with Crippen LogP contribution in [-0.2, 0) is 30.4 Å². The van der Waals surface area contributed by atoms with Crippen molar-refractivity contribution in [1.29, 1.82) is 0 Å². The van der Waals surface area contributed by atoms with Crippen molar-refractivity contribution in [3.63, 3.8) is 0 Å². The zero-order chi connectivity index (χ0) is 25.0. The largest absolute Gasteiger partial charge is 0.481 e. The normalized spacial score (nSPS) is 13.5. The average Bonchev–Trinajstić information content (AvgIpc) is 2.75. The highest BCUT2D eigenvalue weighted by molar-refractivity contribution is 5.93. The summed E-state index contributed by atoms with van der Waals surface area (Å²) in [4.78, 5) is 59.9. The lowest BCUT2D eigenvalue weighted by Gasteiger charge is -2.25. The van der Waals surface area contributed by atoms with Crippen LogP contribution < -0.4 is 21.7 Å². The maximum absolute atomic E-state index is 12.9. The first kappa shape index (κ1) is 27.6. The number of nitrogens with one attached hydrogen (secondary N) is 3. The van der Waals surface area contributed by atoms with Crippen LogP contribution in [-0.4, -0.2) is 64.5 Å². The Bertz CT molecular complexity index is 829. The van der Waals surface area contributed by atoms with Crippen LogP contribution in [0, 0.1) is 5.92 Å². The Morgan fingerprint density at radius 1 is 0.879 bits per heavy atom. The summed E-state index contributed by atoms with van der Waals surface area (Å²) in [5.74, 6) is -4.52. The van der Waals surface area contributed by atoms with Gasteiger partial charge in [0.15, 0.2) is 0 Å². The number of carboxylic acids is 2. The lowest BCUT2D eigenvalue weighted by atomic mass is 10.0. The Labute approximate surface area is 192 Å². The molecule has 33 heavy (non-hydrogen) atoms. The third kappa shape index (κ3) is 10.6. The highest BCUT2D eigenvalue weighted by Crippen LogP contribution is 2.09. The van der Waals surface area contributed by atoms with Crippen molar-refractivity contribution < 1.29 is 34.2 Å². The van der Waals surface area contributed by atoms with Crippen LogP contribution >= 0.6 is 0 Å². The first-order valence-electron chi connectivity index (χ1n) is 10.6. The minimum Gasteiger partial charge on any atom is -0.481 e. The molecule has 0 saturated heterocycles. The molecule has 182 valence electrons. The van der Waals surface area contributed by atoms with Crippen molar-refractivity contribution in [1.82, 2.24) is 16.0 Å². The average molecular weight is 465 g/mol. The van der Waals surface area contributed by atoms with Crippen LogP contribution in [0.5, 0.6) is 0 Å². The van der Waals surface area contributed by atoms with E-state index in [-0.39, 0.29) is 31.6 Å². The van der Waals surface area contributed by atoms with E-state index >= 15 is 0 Å². The van der Waals surface area contributed by atoms with Gasteiger partial charge in [0, 0.05) is 12.8 Å². The van der Waals surface area contributed by atoms with Crippen molar-refractivity contribution in [2.45, 2.75) is 57.7 Å². The molecule has 0 aliphatic rings. The molecule has 3 atom stereocenters. The molecule has 0 radical (unpaired) electrons. The summed E-state index contributed by atoms with van der Waals surface area (Å²) in [6.07, 6.45) is -0.333. The second-order valence-electron chi connectivity index (χ2n) is 8.04. The summed E-state index contributed by atoms with van der Waals surface area (Å²) in [7, 11) is 0. The van der Waals surface area contributed by atoms with Gasteiger partial charge in [-0.25, -0.2) is 4.79 Å². The molecule has 0 aliphatic carbocycles. The fourth-order valence-corrected chi connectivity index (χ4v) is 3.09. The van der Waals surface area contributed by atoms with Gasteiger partial charge < -0.3 is 31.9 Å². The van der Waals surface area contributed by atoms with Crippen LogP contribution in [0.4, 0.5) is 0 Å². The van der Waals surface area contributed by atoms with E-state index < -0.39 is 54.3 Å².